The topological polar surface area (TPSA) is 45.0 Å². The van der Waals surface area contributed by atoms with Gasteiger partial charge in [0.15, 0.2) is 0 Å². The number of nitrogens with zero attached hydrogens (tertiary/aromatic N) is 1. The lowest BCUT2D eigenvalue weighted by molar-refractivity contribution is 0.307. The number of nitrogens with one attached hydrogen (secondary N) is 1. The number of unbranched alkanes of at least 4 members (excludes halogenated alkanes) is 1. The quantitative estimate of drug-likeness (QED) is 0.661. The second kappa shape index (κ2) is 9.39. The molecule has 20 heavy (non-hydrogen) atoms. The summed E-state index contributed by atoms with van der Waals surface area (Å²) in [4.78, 5) is 0. The van der Waals surface area contributed by atoms with Crippen LogP contribution in [0.3, 0.4) is 0 Å². The molecule has 0 aliphatic rings. The molecule has 110 valence electrons. The molecule has 1 N–H and O–H groups in total. The van der Waals surface area contributed by atoms with Crippen molar-refractivity contribution >= 4 is 0 Å². The Morgan fingerprint density at radius 1 is 1.10 bits per heavy atom. The van der Waals surface area contributed by atoms with Crippen molar-refractivity contribution in [1.29, 1.82) is 5.26 Å². The minimum absolute atomic E-state index is 0.177. The molecular weight excluding hydrogens is 248 g/mol. The van der Waals surface area contributed by atoms with Crippen LogP contribution in [0.4, 0.5) is 0 Å². The smallest absolute Gasteiger partial charge is 0.119 e. The van der Waals surface area contributed by atoms with Gasteiger partial charge in [0.2, 0.25) is 0 Å². The minimum Gasteiger partial charge on any atom is -0.494 e. The van der Waals surface area contributed by atoms with Crippen LogP contribution in [0.1, 0.15) is 39.5 Å². The fourth-order valence-corrected chi connectivity index (χ4v) is 1.90. The first-order valence-corrected chi connectivity index (χ1v) is 7.44. The third kappa shape index (κ3) is 7.81. The summed E-state index contributed by atoms with van der Waals surface area (Å²) < 4.78 is 5.62. The fraction of sp³-hybridized carbons (Fsp3) is 0.588. The van der Waals surface area contributed by atoms with Gasteiger partial charge in [0.25, 0.3) is 0 Å². The van der Waals surface area contributed by atoms with Crippen LogP contribution in [-0.2, 0) is 0 Å². The van der Waals surface area contributed by atoms with Crippen molar-refractivity contribution in [2.75, 3.05) is 19.7 Å². The third-order valence-electron chi connectivity index (χ3n) is 3.22. The van der Waals surface area contributed by atoms with E-state index in [-0.39, 0.29) is 5.41 Å². The van der Waals surface area contributed by atoms with Crippen molar-refractivity contribution in [1.82, 2.24) is 5.32 Å². The maximum absolute atomic E-state index is 8.91. The Morgan fingerprint density at radius 3 is 2.50 bits per heavy atom. The number of para-hydroxylation sites is 1. The standard InChI is InChI=1S/C17H26N2O/c1-17(2,15-18)11-6-7-12-19-13-8-14-20-16-9-4-3-5-10-16/h3-5,9-10,19H,6-8,11-14H2,1-2H3. The highest BCUT2D eigenvalue weighted by Crippen LogP contribution is 2.21. The van der Waals surface area contributed by atoms with E-state index in [1.54, 1.807) is 0 Å². The van der Waals surface area contributed by atoms with Crippen LogP contribution in [0.2, 0.25) is 0 Å². The van der Waals surface area contributed by atoms with Gasteiger partial charge in [-0.05, 0) is 58.3 Å². The molecule has 0 bridgehead atoms. The molecule has 0 amide bonds. The molecule has 0 spiro atoms. The van der Waals surface area contributed by atoms with Crippen LogP contribution < -0.4 is 10.1 Å². The SMILES string of the molecule is CC(C)(C#N)CCCCNCCCOc1ccccc1. The van der Waals surface area contributed by atoms with Crippen LogP contribution in [-0.4, -0.2) is 19.7 Å². The second-order valence-electron chi connectivity index (χ2n) is 5.72. The fourth-order valence-electron chi connectivity index (χ4n) is 1.90. The molecule has 1 rings (SSSR count). The van der Waals surface area contributed by atoms with Crippen molar-refractivity contribution in [2.45, 2.75) is 39.5 Å². The maximum Gasteiger partial charge on any atom is 0.119 e. The summed E-state index contributed by atoms with van der Waals surface area (Å²) in [5.41, 5.74) is -0.177. The summed E-state index contributed by atoms with van der Waals surface area (Å²) in [6.45, 7) is 6.75. The summed E-state index contributed by atoms with van der Waals surface area (Å²) in [5, 5.41) is 12.3. The molecule has 0 fully saturated rings. The summed E-state index contributed by atoms with van der Waals surface area (Å²) in [7, 11) is 0. The normalized spacial score (nSPS) is 11.1. The molecule has 0 aliphatic heterocycles. The highest BCUT2D eigenvalue weighted by Gasteiger charge is 2.14. The van der Waals surface area contributed by atoms with E-state index in [2.05, 4.69) is 11.4 Å². The van der Waals surface area contributed by atoms with Gasteiger partial charge >= 0.3 is 0 Å². The molecule has 3 heteroatoms. The predicted octanol–water partition coefficient (Wildman–Crippen LogP) is 3.77. The van der Waals surface area contributed by atoms with E-state index in [0.717, 1.165) is 51.1 Å². The largest absolute Gasteiger partial charge is 0.494 e. The third-order valence-corrected chi connectivity index (χ3v) is 3.22. The molecule has 0 radical (unpaired) electrons. The van der Waals surface area contributed by atoms with Crippen LogP contribution in [0.5, 0.6) is 5.75 Å². The van der Waals surface area contributed by atoms with E-state index in [1.165, 1.54) is 0 Å². The number of hydrogen-bond donors (Lipinski definition) is 1. The number of nitriles is 1. The van der Waals surface area contributed by atoms with Crippen molar-refractivity contribution in [2.24, 2.45) is 5.41 Å². The second-order valence-corrected chi connectivity index (χ2v) is 5.72. The highest BCUT2D eigenvalue weighted by molar-refractivity contribution is 5.20. The van der Waals surface area contributed by atoms with Crippen LogP contribution in [0, 0.1) is 16.7 Å². The van der Waals surface area contributed by atoms with Gasteiger partial charge in [-0.15, -0.1) is 0 Å². The number of rotatable bonds is 10. The van der Waals surface area contributed by atoms with E-state index < -0.39 is 0 Å². The predicted molar refractivity (Wildman–Crippen MR) is 82.7 cm³/mol. The van der Waals surface area contributed by atoms with Gasteiger partial charge < -0.3 is 10.1 Å². The van der Waals surface area contributed by atoms with Gasteiger partial charge in [0.1, 0.15) is 5.75 Å². The average Bonchev–Trinajstić information content (AvgIpc) is 2.46. The van der Waals surface area contributed by atoms with Crippen molar-refractivity contribution in [3.05, 3.63) is 30.3 Å². The molecule has 1 aromatic carbocycles. The van der Waals surface area contributed by atoms with E-state index in [9.17, 15) is 0 Å². The van der Waals surface area contributed by atoms with Crippen molar-refractivity contribution < 1.29 is 4.74 Å². The Hall–Kier alpha value is -1.53. The number of hydrogen-bond acceptors (Lipinski definition) is 3. The molecule has 3 nitrogen and oxygen atoms in total. The summed E-state index contributed by atoms with van der Waals surface area (Å²) in [6.07, 6.45) is 4.22. The van der Waals surface area contributed by atoms with E-state index in [4.69, 9.17) is 10.00 Å². The number of benzene rings is 1. The molecule has 0 atom stereocenters. The minimum atomic E-state index is -0.177. The molecule has 0 saturated carbocycles. The number of ether oxygens (including phenoxy) is 1. The van der Waals surface area contributed by atoms with E-state index in [0.29, 0.717) is 0 Å². The first kappa shape index (κ1) is 16.5. The van der Waals surface area contributed by atoms with Gasteiger partial charge in [-0.1, -0.05) is 24.6 Å². The van der Waals surface area contributed by atoms with E-state index >= 15 is 0 Å². The Labute approximate surface area is 123 Å². The lowest BCUT2D eigenvalue weighted by atomic mass is 9.89. The molecule has 0 aromatic heterocycles. The average molecular weight is 274 g/mol. The maximum atomic E-state index is 8.91. The lowest BCUT2D eigenvalue weighted by Gasteiger charge is -2.14. The van der Waals surface area contributed by atoms with Crippen LogP contribution in [0.15, 0.2) is 30.3 Å². The monoisotopic (exact) mass is 274 g/mol. The molecule has 0 saturated heterocycles. The Morgan fingerprint density at radius 2 is 1.80 bits per heavy atom. The molecule has 0 unspecified atom stereocenters. The van der Waals surface area contributed by atoms with Crippen LogP contribution >= 0.6 is 0 Å². The molecule has 1 aromatic rings. The van der Waals surface area contributed by atoms with Gasteiger partial charge in [-0.2, -0.15) is 5.26 Å². The molecule has 0 aliphatic carbocycles. The highest BCUT2D eigenvalue weighted by atomic mass is 16.5. The lowest BCUT2D eigenvalue weighted by Crippen LogP contribution is -2.19. The summed E-state index contributed by atoms with van der Waals surface area (Å²) in [6, 6.07) is 12.2. The Bertz CT molecular complexity index is 395. The van der Waals surface area contributed by atoms with E-state index in [1.807, 2.05) is 44.2 Å². The zero-order chi connectivity index (χ0) is 14.7. The first-order valence-electron chi connectivity index (χ1n) is 7.44. The summed E-state index contributed by atoms with van der Waals surface area (Å²) >= 11 is 0. The molecule has 0 heterocycles. The van der Waals surface area contributed by atoms with Crippen molar-refractivity contribution in [3.63, 3.8) is 0 Å². The summed E-state index contributed by atoms with van der Waals surface area (Å²) in [5.74, 6) is 0.936. The van der Waals surface area contributed by atoms with Gasteiger partial charge in [-0.25, -0.2) is 0 Å². The van der Waals surface area contributed by atoms with Gasteiger partial charge in [-0.3, -0.25) is 0 Å². The van der Waals surface area contributed by atoms with Gasteiger partial charge in [0, 0.05) is 0 Å². The molecular formula is C17H26N2O. The van der Waals surface area contributed by atoms with Crippen LogP contribution in [0.25, 0.3) is 0 Å². The zero-order valence-electron chi connectivity index (χ0n) is 12.7. The zero-order valence-corrected chi connectivity index (χ0v) is 12.7. The Kier molecular flexibility index (Phi) is 7.75. The van der Waals surface area contributed by atoms with Crippen molar-refractivity contribution in [3.8, 4) is 11.8 Å². The first-order chi connectivity index (χ1) is 9.64. The van der Waals surface area contributed by atoms with Gasteiger partial charge in [0.05, 0.1) is 18.1 Å². The Balaban J connectivity index is 1.90.